The number of aromatic hydroxyl groups is 1. The molecule has 0 aliphatic heterocycles. The standard InChI is InChI=1S/C18H26O2.C9H8.C8H8O/c1-4-15-10-12-17(13-11-15)20-18(14(2)3)19-16-8-6-5-7-9-16;1-2-5-9-7-3-6-8(9)4-1;1-2-7-5-3-4-6-8(7)9/h4,10-14,16,18H,1,5-9H2,2-3H3;1-6H,7H2;2-6,9H,1H2. The van der Waals surface area contributed by atoms with Gasteiger partial charge in [-0.3, -0.25) is 0 Å². The van der Waals surface area contributed by atoms with E-state index in [0.29, 0.717) is 12.0 Å². The molecule has 1 atom stereocenters. The third-order valence-corrected chi connectivity index (χ3v) is 6.64. The second-order valence-electron chi connectivity index (χ2n) is 9.97. The van der Waals surface area contributed by atoms with E-state index in [1.807, 2.05) is 42.5 Å². The number of rotatable bonds is 7. The topological polar surface area (TPSA) is 38.7 Å². The average Bonchev–Trinajstić information content (AvgIpc) is 3.44. The van der Waals surface area contributed by atoms with Crippen molar-refractivity contribution in [3.8, 4) is 11.5 Å². The predicted octanol–water partition coefficient (Wildman–Crippen LogP) is 9.33. The number of hydrogen-bond acceptors (Lipinski definition) is 3. The molecule has 38 heavy (non-hydrogen) atoms. The number of benzene rings is 3. The van der Waals surface area contributed by atoms with Crippen molar-refractivity contribution in [2.24, 2.45) is 5.92 Å². The zero-order chi connectivity index (χ0) is 27.2. The molecule has 200 valence electrons. The van der Waals surface area contributed by atoms with Crippen LogP contribution in [-0.2, 0) is 11.2 Å². The van der Waals surface area contributed by atoms with Crippen LogP contribution in [0.2, 0.25) is 0 Å². The maximum Gasteiger partial charge on any atom is 0.202 e. The van der Waals surface area contributed by atoms with Gasteiger partial charge in [0.2, 0.25) is 6.29 Å². The molecule has 3 aromatic carbocycles. The summed E-state index contributed by atoms with van der Waals surface area (Å²) in [7, 11) is 0. The van der Waals surface area contributed by atoms with Crippen LogP contribution in [0.3, 0.4) is 0 Å². The lowest BCUT2D eigenvalue weighted by Gasteiger charge is -2.30. The van der Waals surface area contributed by atoms with E-state index >= 15 is 0 Å². The maximum absolute atomic E-state index is 9.04. The Balaban J connectivity index is 0.000000182. The largest absolute Gasteiger partial charge is 0.507 e. The summed E-state index contributed by atoms with van der Waals surface area (Å²) in [6, 6.07) is 23.6. The Hall–Kier alpha value is -3.56. The van der Waals surface area contributed by atoms with Crippen LogP contribution < -0.4 is 4.74 Å². The van der Waals surface area contributed by atoms with Gasteiger partial charge in [-0.25, -0.2) is 0 Å². The first-order valence-electron chi connectivity index (χ1n) is 13.7. The summed E-state index contributed by atoms with van der Waals surface area (Å²) in [6.07, 6.45) is 15.4. The number of phenols is 1. The summed E-state index contributed by atoms with van der Waals surface area (Å²) in [5.74, 6) is 1.49. The number of fused-ring (bicyclic) bond motifs is 1. The van der Waals surface area contributed by atoms with Gasteiger partial charge in [-0.15, -0.1) is 0 Å². The van der Waals surface area contributed by atoms with Gasteiger partial charge in [0.1, 0.15) is 11.5 Å². The fourth-order valence-corrected chi connectivity index (χ4v) is 4.38. The van der Waals surface area contributed by atoms with Crippen molar-refractivity contribution in [2.75, 3.05) is 0 Å². The highest BCUT2D eigenvalue weighted by atomic mass is 16.7. The normalized spacial score (nSPS) is 14.8. The smallest absolute Gasteiger partial charge is 0.202 e. The van der Waals surface area contributed by atoms with Gasteiger partial charge in [0.15, 0.2) is 0 Å². The van der Waals surface area contributed by atoms with Crippen molar-refractivity contribution < 1.29 is 14.6 Å². The summed E-state index contributed by atoms with van der Waals surface area (Å²) < 4.78 is 12.2. The number of ether oxygens (including phenoxy) is 2. The molecule has 0 heterocycles. The minimum Gasteiger partial charge on any atom is -0.507 e. The van der Waals surface area contributed by atoms with Crippen LogP contribution >= 0.6 is 0 Å². The molecule has 5 rings (SSSR count). The van der Waals surface area contributed by atoms with Crippen LogP contribution in [0.5, 0.6) is 11.5 Å². The Morgan fingerprint density at radius 3 is 2.13 bits per heavy atom. The van der Waals surface area contributed by atoms with Crippen LogP contribution in [0.25, 0.3) is 18.2 Å². The highest BCUT2D eigenvalue weighted by Gasteiger charge is 2.23. The molecule has 1 fully saturated rings. The van der Waals surface area contributed by atoms with E-state index in [1.165, 1.54) is 43.2 Å². The summed E-state index contributed by atoms with van der Waals surface area (Å²) in [5, 5.41) is 9.04. The highest BCUT2D eigenvalue weighted by Crippen LogP contribution is 2.25. The van der Waals surface area contributed by atoms with Crippen molar-refractivity contribution in [3.63, 3.8) is 0 Å². The van der Waals surface area contributed by atoms with Gasteiger partial charge in [0.05, 0.1) is 6.10 Å². The molecule has 3 nitrogen and oxygen atoms in total. The van der Waals surface area contributed by atoms with Crippen molar-refractivity contribution in [2.45, 2.75) is 64.8 Å². The molecule has 0 saturated heterocycles. The van der Waals surface area contributed by atoms with Crippen molar-refractivity contribution in [1.82, 2.24) is 0 Å². The summed E-state index contributed by atoms with van der Waals surface area (Å²) in [6.45, 7) is 11.6. The number of para-hydroxylation sites is 1. The quantitative estimate of drug-likeness (QED) is 0.322. The fourth-order valence-electron chi connectivity index (χ4n) is 4.38. The molecule has 0 amide bonds. The third kappa shape index (κ3) is 9.39. The van der Waals surface area contributed by atoms with Gasteiger partial charge in [-0.05, 0) is 54.2 Å². The average molecular weight is 511 g/mol. The Morgan fingerprint density at radius 1 is 0.842 bits per heavy atom. The summed E-state index contributed by atoms with van der Waals surface area (Å²) in [4.78, 5) is 0. The van der Waals surface area contributed by atoms with Crippen LogP contribution in [0.15, 0.2) is 92.0 Å². The van der Waals surface area contributed by atoms with E-state index in [1.54, 1.807) is 18.2 Å². The molecule has 0 aromatic heterocycles. The van der Waals surface area contributed by atoms with Crippen LogP contribution in [0.1, 0.15) is 68.2 Å². The molecule has 2 aliphatic carbocycles. The van der Waals surface area contributed by atoms with E-state index < -0.39 is 0 Å². The lowest BCUT2D eigenvalue weighted by atomic mass is 9.97. The first kappa shape index (κ1) is 29.0. The third-order valence-electron chi connectivity index (χ3n) is 6.64. The monoisotopic (exact) mass is 510 g/mol. The van der Waals surface area contributed by atoms with E-state index in [9.17, 15) is 0 Å². The van der Waals surface area contributed by atoms with Crippen molar-refractivity contribution in [3.05, 3.63) is 114 Å². The Morgan fingerprint density at radius 2 is 1.53 bits per heavy atom. The van der Waals surface area contributed by atoms with E-state index in [2.05, 4.69) is 63.4 Å². The fraction of sp³-hybridized carbons (Fsp3) is 0.314. The van der Waals surface area contributed by atoms with Gasteiger partial charge >= 0.3 is 0 Å². The molecule has 0 radical (unpaired) electrons. The van der Waals surface area contributed by atoms with Gasteiger partial charge in [-0.2, -0.15) is 0 Å². The van der Waals surface area contributed by atoms with E-state index in [4.69, 9.17) is 14.6 Å². The van der Waals surface area contributed by atoms with Crippen LogP contribution in [0.4, 0.5) is 0 Å². The number of hydrogen-bond donors (Lipinski definition) is 1. The van der Waals surface area contributed by atoms with Crippen molar-refractivity contribution in [1.29, 1.82) is 0 Å². The first-order chi connectivity index (χ1) is 18.5. The Bertz CT molecular complexity index is 1150. The lowest BCUT2D eigenvalue weighted by molar-refractivity contribution is -0.150. The lowest BCUT2D eigenvalue weighted by Crippen LogP contribution is -2.32. The molecule has 1 saturated carbocycles. The molecule has 0 spiro atoms. The van der Waals surface area contributed by atoms with Gasteiger partial charge in [0.25, 0.3) is 0 Å². The molecule has 3 heteroatoms. The first-order valence-corrected chi connectivity index (χ1v) is 13.7. The Kier molecular flexibility index (Phi) is 11.9. The molecule has 2 aliphatic rings. The van der Waals surface area contributed by atoms with Gasteiger partial charge < -0.3 is 14.6 Å². The second kappa shape index (κ2) is 15.6. The van der Waals surface area contributed by atoms with Crippen LogP contribution in [0, 0.1) is 5.92 Å². The van der Waals surface area contributed by atoms with E-state index in [0.717, 1.165) is 23.3 Å². The molecular weight excluding hydrogens is 468 g/mol. The second-order valence-corrected chi connectivity index (χ2v) is 9.97. The van der Waals surface area contributed by atoms with E-state index in [-0.39, 0.29) is 12.0 Å². The SMILES string of the molecule is C1=Cc2ccccc2C1.C=Cc1ccc(OC(OC2CCCCC2)C(C)C)cc1.C=Cc1ccccc1O. The molecule has 0 bridgehead atoms. The highest BCUT2D eigenvalue weighted by molar-refractivity contribution is 5.59. The number of allylic oxidation sites excluding steroid dienone is 1. The molecule has 1 N–H and O–H groups in total. The van der Waals surface area contributed by atoms with Gasteiger partial charge in [0, 0.05) is 11.5 Å². The molecule has 3 aromatic rings. The zero-order valence-electron chi connectivity index (χ0n) is 22.9. The van der Waals surface area contributed by atoms with Crippen molar-refractivity contribution >= 4 is 18.2 Å². The summed E-state index contributed by atoms with van der Waals surface area (Å²) >= 11 is 0. The zero-order valence-corrected chi connectivity index (χ0v) is 22.9. The Labute approximate surface area is 229 Å². The molecular formula is C35H42O3. The van der Waals surface area contributed by atoms with Gasteiger partial charge in [-0.1, -0.05) is 125 Å². The van der Waals surface area contributed by atoms with Crippen LogP contribution in [-0.4, -0.2) is 17.5 Å². The predicted molar refractivity (Wildman–Crippen MR) is 161 cm³/mol. The summed E-state index contributed by atoms with van der Waals surface area (Å²) in [5.41, 5.74) is 4.72. The molecule has 1 unspecified atom stereocenters. The minimum atomic E-state index is -0.160. The minimum absolute atomic E-state index is 0.160. The number of phenolic OH excluding ortho intramolecular Hbond substituents is 1. The maximum atomic E-state index is 9.04.